The topological polar surface area (TPSA) is 82.5 Å². The van der Waals surface area contributed by atoms with Gasteiger partial charge in [-0.2, -0.15) is 5.26 Å². The minimum Gasteiger partial charge on any atom is -0.408 e. The highest BCUT2D eigenvalue weighted by molar-refractivity contribution is 5.77. The van der Waals surface area contributed by atoms with Gasteiger partial charge in [0.25, 0.3) is 0 Å². The molecule has 7 nitrogen and oxygen atoms in total. The summed E-state index contributed by atoms with van der Waals surface area (Å²) in [6, 6.07) is 13.6. The number of fused-ring (bicyclic) bond motifs is 1. The van der Waals surface area contributed by atoms with E-state index < -0.39 is 11.6 Å². The number of anilines is 1. The molecule has 1 aliphatic rings. The standard InChI is InChI=1S/C21H19FN4O3/c22-16-4-3-6-17(15(16)14-23)24-10-12-25(13-11-24)20(27)8-9-26-18-5-1-2-7-19(18)29-21(26)28/h1-7H,8-13H2. The highest BCUT2D eigenvalue weighted by Crippen LogP contribution is 2.24. The lowest BCUT2D eigenvalue weighted by Crippen LogP contribution is -2.49. The van der Waals surface area contributed by atoms with Crippen LogP contribution in [0.4, 0.5) is 10.1 Å². The molecule has 0 aliphatic carbocycles. The quantitative estimate of drug-likeness (QED) is 0.678. The maximum absolute atomic E-state index is 13.8. The Labute approximate surface area is 166 Å². The van der Waals surface area contributed by atoms with E-state index in [4.69, 9.17) is 4.42 Å². The number of hydrogen-bond donors (Lipinski definition) is 0. The number of halogens is 1. The summed E-state index contributed by atoms with van der Waals surface area (Å²) in [5.74, 6) is -1.07. The summed E-state index contributed by atoms with van der Waals surface area (Å²) in [6.07, 6.45) is 0.187. The maximum atomic E-state index is 13.8. The molecule has 0 N–H and O–H groups in total. The summed E-state index contributed by atoms with van der Waals surface area (Å²) in [5, 5.41) is 9.21. The number of carbonyl (C=O) groups is 1. The van der Waals surface area contributed by atoms with Gasteiger partial charge in [-0.3, -0.25) is 9.36 Å². The van der Waals surface area contributed by atoms with Gasteiger partial charge >= 0.3 is 5.76 Å². The third kappa shape index (κ3) is 3.59. The molecule has 2 aromatic carbocycles. The fourth-order valence-corrected chi connectivity index (χ4v) is 3.67. The molecule has 4 rings (SSSR count). The Balaban J connectivity index is 1.38. The van der Waals surface area contributed by atoms with Crippen LogP contribution in [0.3, 0.4) is 0 Å². The summed E-state index contributed by atoms with van der Waals surface area (Å²) < 4.78 is 20.5. The van der Waals surface area contributed by atoms with E-state index in [0.717, 1.165) is 0 Å². The van der Waals surface area contributed by atoms with Gasteiger partial charge in [0.15, 0.2) is 5.58 Å². The summed E-state index contributed by atoms with van der Waals surface area (Å²) >= 11 is 0. The summed E-state index contributed by atoms with van der Waals surface area (Å²) in [4.78, 5) is 28.3. The van der Waals surface area contributed by atoms with Crippen LogP contribution in [-0.2, 0) is 11.3 Å². The average molecular weight is 394 g/mol. The molecule has 0 atom stereocenters. The van der Waals surface area contributed by atoms with Gasteiger partial charge in [0, 0.05) is 39.1 Å². The van der Waals surface area contributed by atoms with Crippen molar-refractivity contribution >= 4 is 22.7 Å². The largest absolute Gasteiger partial charge is 0.419 e. The lowest BCUT2D eigenvalue weighted by Gasteiger charge is -2.36. The van der Waals surface area contributed by atoms with Crippen molar-refractivity contribution in [1.82, 2.24) is 9.47 Å². The smallest absolute Gasteiger partial charge is 0.408 e. The van der Waals surface area contributed by atoms with Crippen LogP contribution in [0.25, 0.3) is 11.1 Å². The van der Waals surface area contributed by atoms with Crippen molar-refractivity contribution in [2.45, 2.75) is 13.0 Å². The third-order valence-corrected chi connectivity index (χ3v) is 5.20. The van der Waals surface area contributed by atoms with E-state index in [1.54, 1.807) is 35.2 Å². The molecule has 1 amide bonds. The Kier molecular flexibility index (Phi) is 5.04. The summed E-state index contributed by atoms with van der Waals surface area (Å²) in [7, 11) is 0. The summed E-state index contributed by atoms with van der Waals surface area (Å²) in [5.41, 5.74) is 1.75. The van der Waals surface area contributed by atoms with Crippen molar-refractivity contribution in [2.75, 3.05) is 31.1 Å². The summed E-state index contributed by atoms with van der Waals surface area (Å²) in [6.45, 7) is 2.22. The maximum Gasteiger partial charge on any atom is 0.419 e. The van der Waals surface area contributed by atoms with E-state index in [-0.39, 0.29) is 24.4 Å². The molecule has 0 spiro atoms. The molecule has 0 unspecified atom stereocenters. The second-order valence-corrected chi connectivity index (χ2v) is 6.85. The molecule has 8 heteroatoms. The van der Waals surface area contributed by atoms with E-state index >= 15 is 0 Å². The van der Waals surface area contributed by atoms with Crippen molar-refractivity contribution in [3.05, 3.63) is 64.4 Å². The van der Waals surface area contributed by atoms with E-state index in [1.165, 1.54) is 10.6 Å². The van der Waals surface area contributed by atoms with Crippen molar-refractivity contribution in [1.29, 1.82) is 5.26 Å². The first kappa shape index (κ1) is 18.7. The normalized spacial score (nSPS) is 14.2. The van der Waals surface area contributed by atoms with Crippen molar-refractivity contribution in [2.24, 2.45) is 0 Å². The van der Waals surface area contributed by atoms with Crippen LogP contribution in [0, 0.1) is 17.1 Å². The number of rotatable bonds is 4. The van der Waals surface area contributed by atoms with Gasteiger partial charge in [0.2, 0.25) is 5.91 Å². The number of piperazine rings is 1. The van der Waals surface area contributed by atoms with E-state index in [9.17, 15) is 19.2 Å². The highest BCUT2D eigenvalue weighted by Gasteiger charge is 2.24. The Morgan fingerprint density at radius 1 is 1.10 bits per heavy atom. The highest BCUT2D eigenvalue weighted by atomic mass is 19.1. The van der Waals surface area contributed by atoms with Gasteiger partial charge in [-0.1, -0.05) is 18.2 Å². The zero-order valence-corrected chi connectivity index (χ0v) is 15.7. The number of amides is 1. The van der Waals surface area contributed by atoms with Crippen LogP contribution in [0.2, 0.25) is 0 Å². The van der Waals surface area contributed by atoms with E-state index in [2.05, 4.69) is 0 Å². The van der Waals surface area contributed by atoms with Crippen molar-refractivity contribution in [3.63, 3.8) is 0 Å². The number of nitrogens with zero attached hydrogens (tertiary/aromatic N) is 4. The van der Waals surface area contributed by atoms with Gasteiger partial charge < -0.3 is 14.2 Å². The molecule has 1 aromatic heterocycles. The molecular weight excluding hydrogens is 375 g/mol. The Bertz CT molecular complexity index is 1150. The fourth-order valence-electron chi connectivity index (χ4n) is 3.67. The average Bonchev–Trinajstić information content (AvgIpc) is 3.07. The lowest BCUT2D eigenvalue weighted by atomic mass is 10.1. The number of carbonyl (C=O) groups excluding carboxylic acids is 1. The Morgan fingerprint density at radius 3 is 2.62 bits per heavy atom. The molecule has 1 fully saturated rings. The zero-order valence-electron chi connectivity index (χ0n) is 15.7. The Morgan fingerprint density at radius 2 is 1.86 bits per heavy atom. The number of hydrogen-bond acceptors (Lipinski definition) is 5. The van der Waals surface area contributed by atoms with Gasteiger partial charge in [-0.05, 0) is 24.3 Å². The molecule has 0 radical (unpaired) electrons. The van der Waals surface area contributed by atoms with E-state index in [1.807, 2.05) is 17.0 Å². The second-order valence-electron chi connectivity index (χ2n) is 6.85. The van der Waals surface area contributed by atoms with Crippen molar-refractivity contribution in [3.8, 4) is 6.07 Å². The molecule has 1 saturated heterocycles. The predicted octanol–water partition coefficient (Wildman–Crippen LogP) is 2.34. The van der Waals surface area contributed by atoms with Crippen LogP contribution >= 0.6 is 0 Å². The first-order chi connectivity index (χ1) is 14.1. The molecule has 148 valence electrons. The number of oxazole rings is 1. The Hall–Kier alpha value is -3.60. The number of para-hydroxylation sites is 2. The molecule has 0 bridgehead atoms. The number of aromatic nitrogens is 1. The monoisotopic (exact) mass is 394 g/mol. The molecule has 1 aliphatic heterocycles. The SMILES string of the molecule is N#Cc1c(F)cccc1N1CCN(C(=O)CCn2c(=O)oc3ccccc32)CC1. The van der Waals surface area contributed by atoms with Crippen molar-refractivity contribution < 1.29 is 13.6 Å². The van der Waals surface area contributed by atoms with Crippen LogP contribution in [0.1, 0.15) is 12.0 Å². The van der Waals surface area contributed by atoms with E-state index in [0.29, 0.717) is 43.0 Å². The van der Waals surface area contributed by atoms with Crippen LogP contribution < -0.4 is 10.7 Å². The number of nitriles is 1. The van der Waals surface area contributed by atoms with Gasteiger partial charge in [0.1, 0.15) is 17.4 Å². The molecule has 29 heavy (non-hydrogen) atoms. The molecule has 0 saturated carbocycles. The van der Waals surface area contributed by atoms with Gasteiger partial charge in [0.05, 0.1) is 11.2 Å². The van der Waals surface area contributed by atoms with Crippen LogP contribution in [0.5, 0.6) is 0 Å². The second kappa shape index (κ2) is 7.80. The number of aryl methyl sites for hydroxylation is 1. The molecular formula is C21H19FN4O3. The molecule has 3 aromatic rings. The molecule has 2 heterocycles. The minimum atomic E-state index is -0.540. The minimum absolute atomic E-state index is 0.0264. The first-order valence-corrected chi connectivity index (χ1v) is 9.38. The fraction of sp³-hybridized carbons (Fsp3) is 0.286. The lowest BCUT2D eigenvalue weighted by molar-refractivity contribution is -0.131. The zero-order chi connectivity index (χ0) is 20.4. The first-order valence-electron chi connectivity index (χ1n) is 9.38. The number of benzene rings is 2. The van der Waals surface area contributed by atoms with Gasteiger partial charge in [-0.25, -0.2) is 9.18 Å². The van der Waals surface area contributed by atoms with Crippen LogP contribution in [0.15, 0.2) is 51.7 Å². The van der Waals surface area contributed by atoms with Gasteiger partial charge in [-0.15, -0.1) is 0 Å². The third-order valence-electron chi connectivity index (χ3n) is 5.20. The van der Waals surface area contributed by atoms with Crippen LogP contribution in [-0.4, -0.2) is 41.6 Å². The predicted molar refractivity (Wildman–Crippen MR) is 105 cm³/mol.